The van der Waals surface area contributed by atoms with Crippen molar-refractivity contribution in [2.24, 2.45) is 0 Å². The van der Waals surface area contributed by atoms with E-state index in [-0.39, 0.29) is 12.7 Å². The van der Waals surface area contributed by atoms with E-state index in [0.717, 1.165) is 11.3 Å². The zero-order chi connectivity index (χ0) is 13.0. The van der Waals surface area contributed by atoms with Gasteiger partial charge in [0, 0.05) is 7.11 Å². The van der Waals surface area contributed by atoms with Crippen LogP contribution >= 0.6 is 24.0 Å². The average molecular weight is 281 g/mol. The highest BCUT2D eigenvalue weighted by Gasteiger charge is 2.21. The van der Waals surface area contributed by atoms with Crippen LogP contribution in [-0.2, 0) is 9.53 Å². The highest BCUT2D eigenvalue weighted by Crippen LogP contribution is 2.26. The number of nitrogens with one attached hydrogen (secondary N) is 1. The van der Waals surface area contributed by atoms with Gasteiger partial charge in [-0.1, -0.05) is 36.1 Å². The number of rotatable bonds is 4. The van der Waals surface area contributed by atoms with Gasteiger partial charge in [-0.05, 0) is 23.8 Å². The van der Waals surface area contributed by atoms with Crippen LogP contribution in [0.5, 0.6) is 5.75 Å². The molecular formula is C12H11NO3S2. The van der Waals surface area contributed by atoms with Gasteiger partial charge in [0.1, 0.15) is 10.1 Å². The molecule has 1 N–H and O–H groups in total. The number of ether oxygens (including phenoxy) is 2. The van der Waals surface area contributed by atoms with Crippen LogP contribution in [0.3, 0.4) is 0 Å². The highest BCUT2D eigenvalue weighted by atomic mass is 32.2. The molecule has 0 unspecified atom stereocenters. The molecule has 94 valence electrons. The molecule has 0 atom stereocenters. The summed E-state index contributed by atoms with van der Waals surface area (Å²) in [6.07, 6.45) is 1.79. The number of amides is 1. The van der Waals surface area contributed by atoms with Crippen molar-refractivity contribution >= 4 is 40.3 Å². The first-order valence-electron chi connectivity index (χ1n) is 5.15. The summed E-state index contributed by atoms with van der Waals surface area (Å²) in [5.41, 5.74) is 0.919. The number of methoxy groups -OCH3 is 1. The van der Waals surface area contributed by atoms with Crippen LogP contribution in [0.2, 0.25) is 0 Å². The minimum Gasteiger partial charge on any atom is -0.468 e. The van der Waals surface area contributed by atoms with Crippen LogP contribution in [0.1, 0.15) is 5.56 Å². The maximum absolute atomic E-state index is 11.5. The highest BCUT2D eigenvalue weighted by molar-refractivity contribution is 8.26. The van der Waals surface area contributed by atoms with Crippen LogP contribution in [0, 0.1) is 0 Å². The minimum absolute atomic E-state index is 0.148. The Morgan fingerprint density at radius 3 is 2.67 bits per heavy atom. The van der Waals surface area contributed by atoms with Crippen molar-refractivity contribution in [2.75, 3.05) is 13.9 Å². The molecule has 0 bridgehead atoms. The Balaban J connectivity index is 2.08. The van der Waals surface area contributed by atoms with Crippen LogP contribution in [0.25, 0.3) is 6.08 Å². The predicted molar refractivity (Wildman–Crippen MR) is 75.3 cm³/mol. The Bertz CT molecular complexity index is 497. The fourth-order valence-electron chi connectivity index (χ4n) is 1.36. The number of benzene rings is 1. The van der Waals surface area contributed by atoms with Crippen molar-refractivity contribution in [2.45, 2.75) is 0 Å². The van der Waals surface area contributed by atoms with E-state index in [1.807, 2.05) is 24.3 Å². The van der Waals surface area contributed by atoms with Gasteiger partial charge < -0.3 is 14.8 Å². The van der Waals surface area contributed by atoms with Crippen molar-refractivity contribution in [1.29, 1.82) is 0 Å². The summed E-state index contributed by atoms with van der Waals surface area (Å²) < 4.78 is 10.6. The Morgan fingerprint density at radius 1 is 1.39 bits per heavy atom. The summed E-state index contributed by atoms with van der Waals surface area (Å²) in [7, 11) is 1.57. The summed E-state index contributed by atoms with van der Waals surface area (Å²) in [6.45, 7) is 0.215. The zero-order valence-corrected chi connectivity index (χ0v) is 11.3. The third kappa shape index (κ3) is 3.32. The summed E-state index contributed by atoms with van der Waals surface area (Å²) in [6, 6.07) is 7.38. The predicted octanol–water partition coefficient (Wildman–Crippen LogP) is 2.16. The van der Waals surface area contributed by atoms with Crippen molar-refractivity contribution in [3.8, 4) is 5.75 Å². The lowest BCUT2D eigenvalue weighted by atomic mass is 10.2. The number of thioether (sulfide) groups is 1. The van der Waals surface area contributed by atoms with E-state index in [9.17, 15) is 4.79 Å². The van der Waals surface area contributed by atoms with Gasteiger partial charge in [-0.3, -0.25) is 4.79 Å². The van der Waals surface area contributed by atoms with Gasteiger partial charge >= 0.3 is 0 Å². The summed E-state index contributed by atoms with van der Waals surface area (Å²) in [4.78, 5) is 12.1. The zero-order valence-electron chi connectivity index (χ0n) is 9.64. The first-order chi connectivity index (χ1) is 8.69. The molecule has 1 saturated heterocycles. The van der Waals surface area contributed by atoms with Gasteiger partial charge in [0.05, 0.1) is 4.91 Å². The lowest BCUT2D eigenvalue weighted by Crippen LogP contribution is -2.17. The van der Waals surface area contributed by atoms with Gasteiger partial charge in [0.2, 0.25) is 0 Å². The Hall–Kier alpha value is -1.37. The monoisotopic (exact) mass is 281 g/mol. The maximum atomic E-state index is 11.5. The van der Waals surface area contributed by atoms with Crippen LogP contribution < -0.4 is 10.1 Å². The molecule has 1 aromatic rings. The number of carbonyl (C=O) groups excluding carboxylic acids is 1. The number of thiocarbonyl (C=S) groups is 1. The van der Waals surface area contributed by atoms with Crippen LogP contribution in [0.4, 0.5) is 0 Å². The van der Waals surface area contributed by atoms with E-state index in [0.29, 0.717) is 9.23 Å². The van der Waals surface area contributed by atoms with Crippen molar-refractivity contribution in [3.05, 3.63) is 34.7 Å². The number of hydrogen-bond donors (Lipinski definition) is 1. The lowest BCUT2D eigenvalue weighted by molar-refractivity contribution is -0.115. The normalized spacial score (nSPS) is 17.1. The Morgan fingerprint density at radius 2 is 2.11 bits per heavy atom. The molecule has 1 aliphatic rings. The summed E-state index contributed by atoms with van der Waals surface area (Å²) in [5, 5.41) is 2.57. The molecule has 4 nitrogen and oxygen atoms in total. The standard InChI is InChI=1S/C12H11NO3S2/c1-15-7-16-9-4-2-8(3-5-9)6-10-11(14)13-12(17)18-10/h2-6H,7H2,1H3,(H,13,14,17). The van der Waals surface area contributed by atoms with Gasteiger partial charge in [-0.2, -0.15) is 0 Å². The second-order valence-corrected chi connectivity index (χ2v) is 5.19. The van der Waals surface area contributed by atoms with E-state index < -0.39 is 0 Å². The molecule has 1 amide bonds. The van der Waals surface area contributed by atoms with Crippen LogP contribution in [0.15, 0.2) is 29.2 Å². The van der Waals surface area contributed by atoms with E-state index in [1.54, 1.807) is 13.2 Å². The Kier molecular flexibility index (Phi) is 4.35. The van der Waals surface area contributed by atoms with Crippen LogP contribution in [-0.4, -0.2) is 24.1 Å². The largest absolute Gasteiger partial charge is 0.468 e. The van der Waals surface area contributed by atoms with Gasteiger partial charge in [-0.15, -0.1) is 0 Å². The number of hydrogen-bond acceptors (Lipinski definition) is 5. The molecular weight excluding hydrogens is 270 g/mol. The summed E-state index contributed by atoms with van der Waals surface area (Å²) in [5.74, 6) is 0.572. The minimum atomic E-state index is -0.148. The molecule has 1 heterocycles. The first kappa shape index (κ1) is 13.1. The van der Waals surface area contributed by atoms with E-state index in [2.05, 4.69) is 5.32 Å². The molecule has 18 heavy (non-hydrogen) atoms. The smallest absolute Gasteiger partial charge is 0.263 e. The van der Waals surface area contributed by atoms with E-state index >= 15 is 0 Å². The molecule has 0 spiro atoms. The van der Waals surface area contributed by atoms with Gasteiger partial charge in [0.25, 0.3) is 5.91 Å². The SMILES string of the molecule is COCOc1ccc(C=C2SC(=S)NC2=O)cc1. The van der Waals surface area contributed by atoms with E-state index in [1.165, 1.54) is 11.8 Å². The molecule has 1 aliphatic heterocycles. The molecule has 6 heteroatoms. The molecule has 1 aromatic carbocycles. The fraction of sp³-hybridized carbons (Fsp3) is 0.167. The van der Waals surface area contributed by atoms with Crippen molar-refractivity contribution in [1.82, 2.24) is 5.32 Å². The van der Waals surface area contributed by atoms with Crippen molar-refractivity contribution < 1.29 is 14.3 Å². The second-order valence-electron chi connectivity index (χ2n) is 3.47. The maximum Gasteiger partial charge on any atom is 0.263 e. The number of carbonyl (C=O) groups is 1. The molecule has 0 saturated carbocycles. The summed E-state index contributed by atoms with van der Waals surface area (Å²) >= 11 is 6.18. The third-order valence-corrected chi connectivity index (χ3v) is 3.33. The van der Waals surface area contributed by atoms with Gasteiger partial charge in [0.15, 0.2) is 6.79 Å². The second kappa shape index (κ2) is 5.99. The molecule has 1 fully saturated rings. The topological polar surface area (TPSA) is 47.6 Å². The third-order valence-electron chi connectivity index (χ3n) is 2.16. The van der Waals surface area contributed by atoms with Gasteiger partial charge in [-0.25, -0.2) is 0 Å². The Labute approximate surface area is 114 Å². The molecule has 0 radical (unpaired) electrons. The quantitative estimate of drug-likeness (QED) is 0.520. The lowest BCUT2D eigenvalue weighted by Gasteiger charge is -2.04. The van der Waals surface area contributed by atoms with E-state index in [4.69, 9.17) is 21.7 Å². The molecule has 0 aliphatic carbocycles. The molecule has 0 aromatic heterocycles. The molecule has 2 rings (SSSR count). The van der Waals surface area contributed by atoms with Crippen molar-refractivity contribution in [3.63, 3.8) is 0 Å². The first-order valence-corrected chi connectivity index (χ1v) is 6.38. The fourth-order valence-corrected chi connectivity index (χ4v) is 2.40. The average Bonchev–Trinajstić information content (AvgIpc) is 2.67.